The molecule has 0 amide bonds. The number of halogens is 1. The topological polar surface area (TPSA) is 39.5 Å². The molecule has 0 radical (unpaired) electrons. The van der Waals surface area contributed by atoms with E-state index in [2.05, 4.69) is 11.1 Å². The number of rotatable bonds is 4. The summed E-state index contributed by atoms with van der Waals surface area (Å²) >= 11 is 0. The molecule has 1 saturated heterocycles. The van der Waals surface area contributed by atoms with Crippen LogP contribution in [0.4, 0.5) is 4.39 Å². The first-order valence-electron chi connectivity index (χ1n) is 10.1. The van der Waals surface area contributed by atoms with Gasteiger partial charge in [-0.15, -0.1) is 0 Å². The number of aromatic nitrogens is 2. The van der Waals surface area contributed by atoms with Gasteiger partial charge in [-0.3, -0.25) is 9.58 Å². The highest BCUT2D eigenvalue weighted by atomic mass is 19.1. The zero-order valence-electron chi connectivity index (χ0n) is 16.5. The van der Waals surface area contributed by atoms with Gasteiger partial charge in [0.1, 0.15) is 19.0 Å². The summed E-state index contributed by atoms with van der Waals surface area (Å²) in [5.41, 5.74) is 3.97. The molecule has 2 aliphatic heterocycles. The van der Waals surface area contributed by atoms with Gasteiger partial charge in [-0.25, -0.2) is 4.39 Å². The molecule has 1 unspecified atom stereocenters. The first-order chi connectivity index (χ1) is 14.2. The molecule has 3 heterocycles. The number of nitrogens with zero attached hydrogens (tertiary/aromatic N) is 3. The fraction of sp³-hybridized carbons (Fsp3) is 0.348. The van der Waals surface area contributed by atoms with Gasteiger partial charge in [0.25, 0.3) is 0 Å². The van der Waals surface area contributed by atoms with E-state index in [0.29, 0.717) is 13.2 Å². The SMILES string of the molecule is Cn1cc(CN2CCC(c3ccccc3F)C2)c(-c2ccc3c(c2)OCCO3)n1. The third-order valence-electron chi connectivity index (χ3n) is 5.73. The third kappa shape index (κ3) is 3.60. The van der Waals surface area contributed by atoms with E-state index in [1.165, 1.54) is 5.56 Å². The molecule has 2 aromatic carbocycles. The van der Waals surface area contributed by atoms with Crippen molar-refractivity contribution in [3.05, 3.63) is 65.6 Å². The van der Waals surface area contributed by atoms with E-state index in [1.54, 1.807) is 12.1 Å². The predicted octanol–water partition coefficient (Wildman–Crippen LogP) is 3.99. The van der Waals surface area contributed by atoms with E-state index < -0.39 is 0 Å². The maximum absolute atomic E-state index is 14.2. The molecule has 29 heavy (non-hydrogen) atoms. The number of hydrogen-bond acceptors (Lipinski definition) is 4. The monoisotopic (exact) mass is 393 g/mol. The fourth-order valence-electron chi connectivity index (χ4n) is 4.36. The van der Waals surface area contributed by atoms with Gasteiger partial charge in [0.2, 0.25) is 0 Å². The first kappa shape index (κ1) is 18.2. The Labute approximate surface area is 169 Å². The van der Waals surface area contributed by atoms with Crippen molar-refractivity contribution in [1.29, 1.82) is 0 Å². The summed E-state index contributed by atoms with van der Waals surface area (Å²) in [4.78, 5) is 2.38. The van der Waals surface area contributed by atoms with Gasteiger partial charge in [-0.05, 0) is 42.8 Å². The summed E-state index contributed by atoms with van der Waals surface area (Å²) in [7, 11) is 1.94. The Morgan fingerprint density at radius 2 is 1.93 bits per heavy atom. The van der Waals surface area contributed by atoms with Gasteiger partial charge < -0.3 is 9.47 Å². The normalized spacial score (nSPS) is 18.9. The van der Waals surface area contributed by atoms with Gasteiger partial charge in [0, 0.05) is 43.4 Å². The van der Waals surface area contributed by atoms with E-state index in [0.717, 1.165) is 54.4 Å². The lowest BCUT2D eigenvalue weighted by molar-refractivity contribution is 0.171. The van der Waals surface area contributed by atoms with Crippen molar-refractivity contribution in [3.8, 4) is 22.8 Å². The number of fused-ring (bicyclic) bond motifs is 1. The summed E-state index contributed by atoms with van der Waals surface area (Å²) in [6.45, 7) is 3.75. The lowest BCUT2D eigenvalue weighted by atomic mass is 9.98. The van der Waals surface area contributed by atoms with E-state index in [-0.39, 0.29) is 11.7 Å². The molecule has 0 spiro atoms. The van der Waals surface area contributed by atoms with Crippen LogP contribution in [0.2, 0.25) is 0 Å². The second-order valence-corrected chi connectivity index (χ2v) is 7.78. The van der Waals surface area contributed by atoms with E-state index in [9.17, 15) is 4.39 Å². The molecule has 1 fully saturated rings. The lowest BCUT2D eigenvalue weighted by Crippen LogP contribution is -2.20. The highest BCUT2D eigenvalue weighted by molar-refractivity contribution is 5.66. The summed E-state index contributed by atoms with van der Waals surface area (Å²) in [5, 5.41) is 4.70. The molecule has 0 bridgehead atoms. The molecule has 1 atom stereocenters. The molecule has 5 nitrogen and oxygen atoms in total. The van der Waals surface area contributed by atoms with Crippen LogP contribution in [0, 0.1) is 5.82 Å². The molecular weight excluding hydrogens is 369 g/mol. The Bertz CT molecular complexity index is 1030. The minimum absolute atomic E-state index is 0.0994. The van der Waals surface area contributed by atoms with Crippen LogP contribution in [0.5, 0.6) is 11.5 Å². The molecule has 0 saturated carbocycles. The Kier molecular flexibility index (Phi) is 4.72. The van der Waals surface area contributed by atoms with E-state index in [1.807, 2.05) is 42.1 Å². The second-order valence-electron chi connectivity index (χ2n) is 7.78. The van der Waals surface area contributed by atoms with Crippen LogP contribution in [0.1, 0.15) is 23.5 Å². The number of benzene rings is 2. The van der Waals surface area contributed by atoms with Crippen LogP contribution in [0.15, 0.2) is 48.7 Å². The van der Waals surface area contributed by atoms with Crippen LogP contribution in [0.25, 0.3) is 11.3 Å². The molecule has 1 aromatic heterocycles. The third-order valence-corrected chi connectivity index (χ3v) is 5.73. The van der Waals surface area contributed by atoms with E-state index in [4.69, 9.17) is 14.6 Å². The minimum Gasteiger partial charge on any atom is -0.486 e. The highest BCUT2D eigenvalue weighted by Gasteiger charge is 2.27. The van der Waals surface area contributed by atoms with Crippen LogP contribution in [0.3, 0.4) is 0 Å². The summed E-state index contributed by atoms with van der Waals surface area (Å²) in [6, 6.07) is 13.1. The van der Waals surface area contributed by atoms with Crippen molar-refractivity contribution in [1.82, 2.24) is 14.7 Å². The van der Waals surface area contributed by atoms with Crippen LogP contribution < -0.4 is 9.47 Å². The van der Waals surface area contributed by atoms with Crippen molar-refractivity contribution in [2.75, 3.05) is 26.3 Å². The number of likely N-dealkylation sites (tertiary alicyclic amines) is 1. The number of aryl methyl sites for hydroxylation is 1. The van der Waals surface area contributed by atoms with Gasteiger partial charge in [-0.1, -0.05) is 18.2 Å². The van der Waals surface area contributed by atoms with Crippen LogP contribution in [-0.4, -0.2) is 41.0 Å². The Morgan fingerprint density at radius 3 is 2.79 bits per heavy atom. The molecule has 3 aromatic rings. The smallest absolute Gasteiger partial charge is 0.162 e. The molecule has 150 valence electrons. The molecular formula is C23H24FN3O2. The number of hydrogen-bond donors (Lipinski definition) is 0. The summed E-state index contributed by atoms with van der Waals surface area (Å²) < 4.78 is 27.4. The average molecular weight is 393 g/mol. The summed E-state index contributed by atoms with van der Waals surface area (Å²) in [5.74, 6) is 1.69. The maximum Gasteiger partial charge on any atom is 0.162 e. The fourth-order valence-corrected chi connectivity index (χ4v) is 4.36. The van der Waals surface area contributed by atoms with Crippen molar-refractivity contribution in [2.45, 2.75) is 18.9 Å². The largest absolute Gasteiger partial charge is 0.486 e. The molecule has 0 N–H and O–H groups in total. The molecule has 6 heteroatoms. The van der Waals surface area contributed by atoms with Crippen LogP contribution >= 0.6 is 0 Å². The molecule has 0 aliphatic carbocycles. The van der Waals surface area contributed by atoms with Gasteiger partial charge in [-0.2, -0.15) is 5.10 Å². The minimum atomic E-state index is -0.0994. The quantitative estimate of drug-likeness (QED) is 0.672. The van der Waals surface area contributed by atoms with Gasteiger partial charge >= 0.3 is 0 Å². The lowest BCUT2D eigenvalue weighted by Gasteiger charge is -2.19. The maximum atomic E-state index is 14.2. The molecule has 5 rings (SSSR count). The van der Waals surface area contributed by atoms with Gasteiger partial charge in [0.05, 0.1) is 5.69 Å². The Hall–Kier alpha value is -2.86. The second kappa shape index (κ2) is 7.52. The number of ether oxygens (including phenoxy) is 2. The van der Waals surface area contributed by atoms with Crippen molar-refractivity contribution >= 4 is 0 Å². The summed E-state index contributed by atoms with van der Waals surface area (Å²) in [6.07, 6.45) is 3.04. The van der Waals surface area contributed by atoms with Crippen molar-refractivity contribution < 1.29 is 13.9 Å². The molecule has 2 aliphatic rings. The zero-order chi connectivity index (χ0) is 19.8. The standard InChI is InChI=1S/C23H24FN3O2/c1-26-13-18(15-27-9-8-17(14-27)19-4-2-3-5-20(19)24)23(25-26)16-6-7-21-22(12-16)29-11-10-28-21/h2-7,12-13,17H,8-11,14-15H2,1H3. The predicted molar refractivity (Wildman–Crippen MR) is 109 cm³/mol. The van der Waals surface area contributed by atoms with Gasteiger partial charge in [0.15, 0.2) is 11.5 Å². The first-order valence-corrected chi connectivity index (χ1v) is 10.1. The van der Waals surface area contributed by atoms with Crippen molar-refractivity contribution in [2.24, 2.45) is 7.05 Å². The van der Waals surface area contributed by atoms with E-state index >= 15 is 0 Å². The Morgan fingerprint density at radius 1 is 1.10 bits per heavy atom. The van der Waals surface area contributed by atoms with Crippen molar-refractivity contribution in [3.63, 3.8) is 0 Å². The average Bonchev–Trinajstić information content (AvgIpc) is 3.34. The zero-order valence-corrected chi connectivity index (χ0v) is 16.5. The highest BCUT2D eigenvalue weighted by Crippen LogP contribution is 2.36. The Balaban J connectivity index is 1.36. The van der Waals surface area contributed by atoms with Crippen LogP contribution in [-0.2, 0) is 13.6 Å².